The predicted molar refractivity (Wildman–Crippen MR) is 127 cm³/mol. The first kappa shape index (κ1) is 20.6. The van der Waals surface area contributed by atoms with Crippen LogP contribution in [0.2, 0.25) is 0 Å². The van der Waals surface area contributed by atoms with Crippen molar-refractivity contribution >= 4 is 0 Å². The van der Waals surface area contributed by atoms with Gasteiger partial charge in [0, 0.05) is 35.6 Å². The molecule has 0 aliphatic heterocycles. The minimum atomic E-state index is 0.389. The highest BCUT2D eigenvalue weighted by atomic mass is 16.5. The zero-order chi connectivity index (χ0) is 22.5. The number of aromatic nitrogens is 3. The summed E-state index contributed by atoms with van der Waals surface area (Å²) in [6.45, 7) is 0.886. The van der Waals surface area contributed by atoms with Gasteiger partial charge >= 0.3 is 0 Å². The van der Waals surface area contributed by atoms with Crippen LogP contribution in [-0.4, -0.2) is 15.0 Å². The van der Waals surface area contributed by atoms with E-state index in [1.165, 1.54) is 0 Å². The second-order valence-corrected chi connectivity index (χ2v) is 7.54. The summed E-state index contributed by atoms with van der Waals surface area (Å²) in [4.78, 5) is 13.6. The smallest absolute Gasteiger partial charge is 0.233 e. The first-order valence-electron chi connectivity index (χ1n) is 10.6. The molecule has 5 rings (SSSR count). The van der Waals surface area contributed by atoms with Crippen LogP contribution in [0, 0.1) is 0 Å². The molecule has 0 bridgehead atoms. The van der Waals surface area contributed by atoms with Gasteiger partial charge in [-0.2, -0.15) is 0 Å². The Balaban J connectivity index is 1.51. The first-order valence-corrected chi connectivity index (χ1v) is 10.6. The SMILES string of the molecule is NCc1ccc(-c2ncc(OCc3ccncc3)nc2-c2ccc(-c3ccoc3)cc2)cc1. The topological polar surface area (TPSA) is 87.1 Å². The number of benzene rings is 2. The van der Waals surface area contributed by atoms with E-state index >= 15 is 0 Å². The fraction of sp³-hybridized carbons (Fsp3) is 0.0741. The highest BCUT2D eigenvalue weighted by molar-refractivity contribution is 5.79. The molecule has 0 saturated carbocycles. The monoisotopic (exact) mass is 434 g/mol. The lowest BCUT2D eigenvalue weighted by Crippen LogP contribution is -2.01. The van der Waals surface area contributed by atoms with Gasteiger partial charge in [0.1, 0.15) is 12.3 Å². The average Bonchev–Trinajstić information content (AvgIpc) is 3.43. The zero-order valence-corrected chi connectivity index (χ0v) is 17.9. The van der Waals surface area contributed by atoms with E-state index in [-0.39, 0.29) is 0 Å². The molecule has 5 aromatic rings. The maximum atomic E-state index is 5.93. The molecule has 3 heterocycles. The number of hydrogen-bond donors (Lipinski definition) is 1. The van der Waals surface area contributed by atoms with Crippen LogP contribution in [0.1, 0.15) is 11.1 Å². The maximum absolute atomic E-state index is 5.93. The Morgan fingerprint density at radius 1 is 0.727 bits per heavy atom. The quantitative estimate of drug-likeness (QED) is 0.364. The Morgan fingerprint density at radius 2 is 1.42 bits per heavy atom. The summed E-state index contributed by atoms with van der Waals surface area (Å²) in [5, 5.41) is 0. The lowest BCUT2D eigenvalue weighted by molar-refractivity contribution is 0.293. The number of nitrogens with two attached hydrogens (primary N) is 1. The lowest BCUT2D eigenvalue weighted by Gasteiger charge is -2.12. The second-order valence-electron chi connectivity index (χ2n) is 7.54. The van der Waals surface area contributed by atoms with Crippen molar-refractivity contribution in [2.24, 2.45) is 5.73 Å². The summed E-state index contributed by atoms with van der Waals surface area (Å²) in [6.07, 6.45) is 8.54. The molecular weight excluding hydrogens is 412 g/mol. The summed E-state index contributed by atoms with van der Waals surface area (Å²) in [7, 11) is 0. The molecule has 0 atom stereocenters. The molecule has 0 aliphatic carbocycles. The summed E-state index contributed by atoms with van der Waals surface area (Å²) in [6, 6.07) is 22.0. The number of furan rings is 1. The number of nitrogens with zero attached hydrogens (tertiary/aromatic N) is 3. The molecule has 33 heavy (non-hydrogen) atoms. The van der Waals surface area contributed by atoms with Gasteiger partial charge in [0.25, 0.3) is 0 Å². The molecule has 2 N–H and O–H groups in total. The van der Waals surface area contributed by atoms with Gasteiger partial charge in [-0.05, 0) is 34.9 Å². The molecule has 2 aromatic carbocycles. The van der Waals surface area contributed by atoms with Gasteiger partial charge in [-0.25, -0.2) is 9.97 Å². The van der Waals surface area contributed by atoms with E-state index < -0.39 is 0 Å². The van der Waals surface area contributed by atoms with E-state index in [4.69, 9.17) is 24.9 Å². The van der Waals surface area contributed by atoms with Gasteiger partial charge in [-0.1, -0.05) is 48.5 Å². The zero-order valence-electron chi connectivity index (χ0n) is 17.9. The molecule has 0 amide bonds. The lowest BCUT2D eigenvalue weighted by atomic mass is 10.0. The van der Waals surface area contributed by atoms with Crippen LogP contribution in [-0.2, 0) is 13.2 Å². The van der Waals surface area contributed by atoms with Crippen LogP contribution in [0.5, 0.6) is 5.88 Å². The van der Waals surface area contributed by atoms with Crippen LogP contribution in [0.4, 0.5) is 0 Å². The van der Waals surface area contributed by atoms with E-state index in [1.807, 2.05) is 66.7 Å². The largest absolute Gasteiger partial charge is 0.472 e. The molecule has 0 unspecified atom stereocenters. The molecule has 162 valence electrons. The summed E-state index contributed by atoms with van der Waals surface area (Å²) in [5.41, 5.74) is 13.4. The van der Waals surface area contributed by atoms with Crippen molar-refractivity contribution in [2.45, 2.75) is 13.2 Å². The van der Waals surface area contributed by atoms with Gasteiger partial charge in [0.05, 0.1) is 24.4 Å². The van der Waals surface area contributed by atoms with Crippen LogP contribution in [0.15, 0.2) is 102 Å². The van der Waals surface area contributed by atoms with Crippen molar-refractivity contribution in [3.8, 4) is 39.5 Å². The predicted octanol–water partition coefficient (Wildman–Crippen LogP) is 5.50. The van der Waals surface area contributed by atoms with Crippen LogP contribution >= 0.6 is 0 Å². The van der Waals surface area contributed by atoms with E-state index in [1.54, 1.807) is 31.1 Å². The van der Waals surface area contributed by atoms with Crippen LogP contribution in [0.25, 0.3) is 33.6 Å². The fourth-order valence-corrected chi connectivity index (χ4v) is 3.54. The Morgan fingerprint density at radius 3 is 2.12 bits per heavy atom. The van der Waals surface area contributed by atoms with E-state index in [0.717, 1.165) is 44.8 Å². The highest BCUT2D eigenvalue weighted by Gasteiger charge is 2.14. The van der Waals surface area contributed by atoms with Crippen LogP contribution in [0.3, 0.4) is 0 Å². The molecular formula is C27H22N4O2. The normalized spacial score (nSPS) is 10.8. The van der Waals surface area contributed by atoms with Gasteiger partial charge in [0.15, 0.2) is 0 Å². The van der Waals surface area contributed by atoms with Crippen molar-refractivity contribution in [3.63, 3.8) is 0 Å². The first-order chi connectivity index (χ1) is 16.3. The fourth-order valence-electron chi connectivity index (χ4n) is 3.54. The van der Waals surface area contributed by atoms with Crippen LogP contribution < -0.4 is 10.5 Å². The third-order valence-corrected chi connectivity index (χ3v) is 5.36. The molecule has 0 aliphatic rings. The van der Waals surface area contributed by atoms with E-state index in [2.05, 4.69) is 4.98 Å². The average molecular weight is 434 g/mol. The Kier molecular flexibility index (Phi) is 5.91. The summed E-state index contributed by atoms with van der Waals surface area (Å²) < 4.78 is 11.1. The number of pyridine rings is 1. The molecule has 6 nitrogen and oxygen atoms in total. The number of ether oxygens (including phenoxy) is 1. The van der Waals surface area contributed by atoms with Crippen molar-refractivity contribution in [2.75, 3.05) is 0 Å². The standard InChI is InChI=1S/C27H22N4O2/c28-15-19-1-3-22(4-2-19)26-27(23-7-5-21(6-8-23)24-11-14-32-18-24)31-25(16-30-26)33-17-20-9-12-29-13-10-20/h1-14,16,18H,15,17,28H2. The van der Waals surface area contributed by atoms with Gasteiger partial charge in [-0.15, -0.1) is 0 Å². The van der Waals surface area contributed by atoms with Gasteiger partial charge < -0.3 is 14.9 Å². The van der Waals surface area contributed by atoms with Crippen molar-refractivity contribution < 1.29 is 9.15 Å². The Bertz CT molecular complexity index is 1320. The highest BCUT2D eigenvalue weighted by Crippen LogP contribution is 2.32. The minimum absolute atomic E-state index is 0.389. The molecule has 0 saturated heterocycles. The molecule has 0 radical (unpaired) electrons. The van der Waals surface area contributed by atoms with Crippen molar-refractivity contribution in [1.82, 2.24) is 15.0 Å². The third kappa shape index (κ3) is 4.66. The molecule has 6 heteroatoms. The summed E-state index contributed by atoms with van der Waals surface area (Å²) >= 11 is 0. The number of rotatable bonds is 7. The number of hydrogen-bond acceptors (Lipinski definition) is 6. The van der Waals surface area contributed by atoms with E-state index in [0.29, 0.717) is 19.0 Å². The molecule has 0 fully saturated rings. The second kappa shape index (κ2) is 9.46. The molecule has 0 spiro atoms. The third-order valence-electron chi connectivity index (χ3n) is 5.36. The maximum Gasteiger partial charge on any atom is 0.233 e. The Labute approximate surface area is 191 Å². The Hall–Kier alpha value is -4.29. The summed E-state index contributed by atoms with van der Waals surface area (Å²) in [5.74, 6) is 0.461. The van der Waals surface area contributed by atoms with Gasteiger partial charge in [0.2, 0.25) is 5.88 Å². The van der Waals surface area contributed by atoms with Crippen molar-refractivity contribution in [3.05, 3.63) is 109 Å². The van der Waals surface area contributed by atoms with Gasteiger partial charge in [-0.3, -0.25) is 4.98 Å². The molecule has 3 aromatic heterocycles. The van der Waals surface area contributed by atoms with Crippen molar-refractivity contribution in [1.29, 1.82) is 0 Å². The van der Waals surface area contributed by atoms with E-state index in [9.17, 15) is 0 Å². The minimum Gasteiger partial charge on any atom is -0.472 e.